The number of benzene rings is 1. The molecule has 2 saturated heterocycles. The van der Waals surface area contributed by atoms with Gasteiger partial charge in [0.25, 0.3) is 5.91 Å². The Balaban J connectivity index is 1.40. The van der Waals surface area contributed by atoms with E-state index in [0.717, 1.165) is 37.4 Å². The lowest BCUT2D eigenvalue weighted by molar-refractivity contribution is 0.0704. The number of amides is 1. The van der Waals surface area contributed by atoms with E-state index in [4.69, 9.17) is 10.00 Å². The number of hydrogen-bond acceptors (Lipinski definition) is 5. The molecular formula is C22H24FN3O2S. The molecule has 2 aromatic rings. The Hall–Kier alpha value is -2.43. The van der Waals surface area contributed by atoms with Gasteiger partial charge in [0.2, 0.25) is 0 Å². The molecule has 5 nitrogen and oxygen atoms in total. The maximum atomic E-state index is 14.7. The minimum absolute atomic E-state index is 0.105. The zero-order chi connectivity index (χ0) is 20.2. The van der Waals surface area contributed by atoms with Crippen LogP contribution in [0.5, 0.6) is 5.75 Å². The molecule has 0 spiro atoms. The molecule has 1 aromatic heterocycles. The first-order chi connectivity index (χ1) is 14.1. The number of halogens is 1. The van der Waals surface area contributed by atoms with Gasteiger partial charge >= 0.3 is 0 Å². The van der Waals surface area contributed by atoms with Crippen LogP contribution in [-0.2, 0) is 6.61 Å². The number of thiophene rings is 1. The van der Waals surface area contributed by atoms with Gasteiger partial charge in [-0.2, -0.15) is 5.26 Å². The molecule has 1 atom stereocenters. The van der Waals surface area contributed by atoms with Crippen molar-refractivity contribution < 1.29 is 13.9 Å². The second-order valence-electron chi connectivity index (χ2n) is 7.61. The van der Waals surface area contributed by atoms with Gasteiger partial charge in [-0.1, -0.05) is 0 Å². The summed E-state index contributed by atoms with van der Waals surface area (Å²) in [6, 6.07) is 10.3. The van der Waals surface area contributed by atoms with E-state index in [1.165, 1.54) is 36.3 Å². The Labute approximate surface area is 174 Å². The van der Waals surface area contributed by atoms with Crippen LogP contribution in [0.3, 0.4) is 0 Å². The normalized spacial score (nSPS) is 19.4. The molecule has 3 heterocycles. The summed E-state index contributed by atoms with van der Waals surface area (Å²) in [6.45, 7) is 4.04. The molecule has 2 fully saturated rings. The van der Waals surface area contributed by atoms with Gasteiger partial charge in [-0.3, -0.25) is 4.79 Å². The number of rotatable bonds is 6. The average molecular weight is 414 g/mol. The zero-order valence-electron chi connectivity index (χ0n) is 16.3. The summed E-state index contributed by atoms with van der Waals surface area (Å²) < 4.78 is 20.3. The van der Waals surface area contributed by atoms with E-state index in [1.54, 1.807) is 12.1 Å². The summed E-state index contributed by atoms with van der Waals surface area (Å²) in [5.41, 5.74) is 0.105. The molecular weight excluding hydrogens is 389 g/mol. The number of nitriles is 1. The second-order valence-corrected chi connectivity index (χ2v) is 8.78. The average Bonchev–Trinajstić information content (AvgIpc) is 3.48. The van der Waals surface area contributed by atoms with Crippen LogP contribution in [0, 0.1) is 17.1 Å². The Morgan fingerprint density at radius 1 is 1.21 bits per heavy atom. The molecule has 0 N–H and O–H groups in total. The molecule has 1 amide bonds. The van der Waals surface area contributed by atoms with Gasteiger partial charge in [0.1, 0.15) is 29.1 Å². The molecule has 0 aliphatic carbocycles. The topological polar surface area (TPSA) is 56.6 Å². The van der Waals surface area contributed by atoms with E-state index in [-0.39, 0.29) is 24.1 Å². The second kappa shape index (κ2) is 8.93. The highest BCUT2D eigenvalue weighted by atomic mass is 32.1. The lowest BCUT2D eigenvalue weighted by Crippen LogP contribution is -2.42. The van der Waals surface area contributed by atoms with Gasteiger partial charge in [-0.25, -0.2) is 4.39 Å². The van der Waals surface area contributed by atoms with Gasteiger partial charge in [-0.15, -0.1) is 11.3 Å². The Morgan fingerprint density at radius 2 is 2.03 bits per heavy atom. The molecule has 7 heteroatoms. The summed E-state index contributed by atoms with van der Waals surface area (Å²) in [5, 5.41) is 8.87. The molecule has 2 aliphatic heterocycles. The van der Waals surface area contributed by atoms with Gasteiger partial charge in [0.05, 0.1) is 5.56 Å². The third-order valence-corrected chi connectivity index (χ3v) is 6.59. The zero-order valence-corrected chi connectivity index (χ0v) is 17.1. The highest BCUT2D eigenvalue weighted by Gasteiger charge is 2.32. The lowest BCUT2D eigenvalue weighted by Gasteiger charge is -2.28. The Morgan fingerprint density at radius 3 is 2.76 bits per heavy atom. The minimum atomic E-state index is -0.553. The van der Waals surface area contributed by atoms with Crippen molar-refractivity contribution in [2.75, 3.05) is 26.2 Å². The van der Waals surface area contributed by atoms with Crippen LogP contribution < -0.4 is 4.74 Å². The summed E-state index contributed by atoms with van der Waals surface area (Å²) in [5.74, 6) is -0.406. The van der Waals surface area contributed by atoms with Gasteiger partial charge in [0, 0.05) is 30.1 Å². The maximum Gasteiger partial charge on any atom is 0.257 e. The summed E-state index contributed by atoms with van der Waals surface area (Å²) in [4.78, 5) is 18.7. The van der Waals surface area contributed by atoms with Crippen LogP contribution in [0.4, 0.5) is 4.39 Å². The van der Waals surface area contributed by atoms with Crippen molar-refractivity contribution in [2.24, 2.45) is 0 Å². The molecule has 1 aromatic carbocycles. The summed E-state index contributed by atoms with van der Waals surface area (Å²) in [7, 11) is 0. The molecule has 29 heavy (non-hydrogen) atoms. The number of ether oxygens (including phenoxy) is 1. The molecule has 1 unspecified atom stereocenters. The SMILES string of the molecule is N#Cc1ccc(COc2ccc(C(=O)N3CCCC3CN3CCCC3)c(F)c2)s1. The third-order valence-electron chi connectivity index (χ3n) is 5.63. The van der Waals surface area contributed by atoms with Crippen LogP contribution in [0.15, 0.2) is 30.3 Å². The third kappa shape index (κ3) is 4.60. The van der Waals surface area contributed by atoms with Crippen molar-refractivity contribution in [3.05, 3.63) is 51.5 Å². The Kier molecular flexibility index (Phi) is 6.12. The quantitative estimate of drug-likeness (QED) is 0.717. The van der Waals surface area contributed by atoms with E-state index in [9.17, 15) is 9.18 Å². The number of nitrogens with zero attached hydrogens (tertiary/aromatic N) is 3. The highest BCUT2D eigenvalue weighted by molar-refractivity contribution is 7.12. The molecule has 0 saturated carbocycles. The predicted molar refractivity (Wildman–Crippen MR) is 109 cm³/mol. The van der Waals surface area contributed by atoms with E-state index >= 15 is 0 Å². The van der Waals surface area contributed by atoms with Crippen molar-refractivity contribution in [2.45, 2.75) is 38.3 Å². The smallest absolute Gasteiger partial charge is 0.257 e. The largest absolute Gasteiger partial charge is 0.488 e. The summed E-state index contributed by atoms with van der Waals surface area (Å²) in [6.07, 6.45) is 4.40. The van der Waals surface area contributed by atoms with E-state index in [0.29, 0.717) is 17.2 Å². The van der Waals surface area contributed by atoms with Crippen LogP contribution in [0.2, 0.25) is 0 Å². The maximum absolute atomic E-state index is 14.7. The van der Waals surface area contributed by atoms with Crippen molar-refractivity contribution in [1.82, 2.24) is 9.80 Å². The van der Waals surface area contributed by atoms with Crippen LogP contribution in [-0.4, -0.2) is 47.9 Å². The van der Waals surface area contributed by atoms with Crippen molar-refractivity contribution in [1.29, 1.82) is 5.26 Å². The predicted octanol–water partition coefficient (Wildman–Crippen LogP) is 4.04. The highest BCUT2D eigenvalue weighted by Crippen LogP contribution is 2.26. The van der Waals surface area contributed by atoms with Crippen LogP contribution >= 0.6 is 11.3 Å². The standard InChI is InChI=1S/C22H24FN3O2S/c23-21-12-17(28-15-19-7-6-18(13-24)29-19)5-8-20(21)22(27)26-11-3-4-16(26)14-25-9-1-2-10-25/h5-8,12,16H,1-4,9-11,14-15H2. The van der Waals surface area contributed by atoms with Gasteiger partial charge in [-0.05, 0) is 63.0 Å². The summed E-state index contributed by atoms with van der Waals surface area (Å²) >= 11 is 1.35. The number of carbonyl (C=O) groups is 1. The van der Waals surface area contributed by atoms with Crippen LogP contribution in [0.25, 0.3) is 0 Å². The van der Waals surface area contributed by atoms with Crippen molar-refractivity contribution in [3.63, 3.8) is 0 Å². The van der Waals surface area contributed by atoms with Gasteiger partial charge in [0.15, 0.2) is 0 Å². The first-order valence-electron chi connectivity index (χ1n) is 10.1. The molecule has 4 rings (SSSR count). The van der Waals surface area contributed by atoms with E-state index in [1.807, 2.05) is 11.0 Å². The van der Waals surface area contributed by atoms with Crippen molar-refractivity contribution in [3.8, 4) is 11.8 Å². The first kappa shape index (κ1) is 19.9. The van der Waals surface area contributed by atoms with Crippen LogP contribution in [0.1, 0.15) is 45.8 Å². The fraction of sp³-hybridized carbons (Fsp3) is 0.455. The molecule has 2 aliphatic rings. The monoisotopic (exact) mass is 413 g/mol. The van der Waals surface area contributed by atoms with Crippen molar-refractivity contribution >= 4 is 17.2 Å². The van der Waals surface area contributed by atoms with E-state index < -0.39 is 5.82 Å². The molecule has 0 bridgehead atoms. The number of carbonyl (C=O) groups excluding carboxylic acids is 1. The molecule has 0 radical (unpaired) electrons. The fourth-order valence-corrected chi connectivity index (χ4v) is 4.86. The minimum Gasteiger partial charge on any atom is -0.488 e. The lowest BCUT2D eigenvalue weighted by atomic mass is 10.1. The van der Waals surface area contributed by atoms with Gasteiger partial charge < -0.3 is 14.5 Å². The van der Waals surface area contributed by atoms with E-state index in [2.05, 4.69) is 11.0 Å². The number of likely N-dealkylation sites (tertiary alicyclic amines) is 2. The fourth-order valence-electron chi connectivity index (χ4n) is 4.14. The first-order valence-corrected chi connectivity index (χ1v) is 10.9. The number of hydrogen-bond donors (Lipinski definition) is 0. The molecule has 152 valence electrons. The Bertz CT molecular complexity index is 917.